The lowest BCUT2D eigenvalue weighted by Crippen LogP contribution is -2.40. The van der Waals surface area contributed by atoms with Gasteiger partial charge in [-0.1, -0.05) is 6.42 Å². The number of esters is 1. The Balaban J connectivity index is 1.82. The van der Waals surface area contributed by atoms with Gasteiger partial charge in [-0.25, -0.2) is 4.98 Å². The van der Waals surface area contributed by atoms with Crippen LogP contribution in [0.1, 0.15) is 51.9 Å². The third-order valence-corrected chi connectivity index (χ3v) is 5.12. The number of nitrogens with zero attached hydrogens (tertiary/aromatic N) is 4. The Hall–Kier alpha value is -2.45. The van der Waals surface area contributed by atoms with E-state index in [2.05, 4.69) is 9.97 Å². The van der Waals surface area contributed by atoms with Crippen molar-refractivity contribution < 1.29 is 19.2 Å². The molecule has 1 unspecified atom stereocenters. The Morgan fingerprint density at radius 2 is 2.04 bits per heavy atom. The predicted octanol–water partition coefficient (Wildman–Crippen LogP) is 2.88. The van der Waals surface area contributed by atoms with Crippen LogP contribution in [-0.4, -0.2) is 46.7 Å². The van der Waals surface area contributed by atoms with Gasteiger partial charge in [-0.3, -0.25) is 14.9 Å². The molecule has 1 saturated carbocycles. The fraction of sp³-hybridized carbons (Fsp3) is 0.722. The van der Waals surface area contributed by atoms with E-state index in [9.17, 15) is 14.9 Å². The third-order valence-electron chi connectivity index (χ3n) is 5.12. The smallest absolute Gasteiger partial charge is 0.372 e. The van der Waals surface area contributed by atoms with E-state index < -0.39 is 4.92 Å². The maximum absolute atomic E-state index is 12.1. The van der Waals surface area contributed by atoms with Crippen molar-refractivity contribution in [1.82, 2.24) is 9.97 Å². The normalized spacial score (nSPS) is 20.9. The number of carbonyl (C=O) groups is 1. The maximum atomic E-state index is 12.1. The molecule has 1 aliphatic heterocycles. The summed E-state index contributed by atoms with van der Waals surface area (Å²) in [5, 5.41) is 11.8. The van der Waals surface area contributed by atoms with Crippen LogP contribution in [0.15, 0.2) is 6.33 Å². The second-order valence-electron chi connectivity index (χ2n) is 7.02. The Kier molecular flexibility index (Phi) is 6.41. The average Bonchev–Trinajstić information content (AvgIpc) is 2.68. The highest BCUT2D eigenvalue weighted by Crippen LogP contribution is 2.37. The summed E-state index contributed by atoms with van der Waals surface area (Å²) in [6.07, 6.45) is 7.75. The Morgan fingerprint density at radius 1 is 1.26 bits per heavy atom. The zero-order valence-corrected chi connectivity index (χ0v) is 15.6. The van der Waals surface area contributed by atoms with Crippen LogP contribution in [0.3, 0.4) is 0 Å². The van der Waals surface area contributed by atoms with Crippen molar-refractivity contribution in [1.29, 1.82) is 0 Å². The number of carbonyl (C=O) groups excluding carboxylic acids is 1. The summed E-state index contributed by atoms with van der Waals surface area (Å²) < 4.78 is 11.0. The van der Waals surface area contributed by atoms with Crippen LogP contribution in [0.5, 0.6) is 5.88 Å². The highest BCUT2D eigenvalue weighted by Gasteiger charge is 2.34. The van der Waals surface area contributed by atoms with Gasteiger partial charge in [0, 0.05) is 13.1 Å². The van der Waals surface area contributed by atoms with Crippen LogP contribution in [-0.2, 0) is 9.53 Å². The van der Waals surface area contributed by atoms with Crippen LogP contribution < -0.4 is 9.64 Å². The summed E-state index contributed by atoms with van der Waals surface area (Å²) in [6, 6.07) is 0. The van der Waals surface area contributed by atoms with E-state index >= 15 is 0 Å². The van der Waals surface area contributed by atoms with E-state index in [1.54, 1.807) is 11.8 Å². The van der Waals surface area contributed by atoms with Gasteiger partial charge in [-0.2, -0.15) is 4.98 Å². The van der Waals surface area contributed by atoms with Gasteiger partial charge in [-0.05, 0) is 45.4 Å². The van der Waals surface area contributed by atoms with Gasteiger partial charge in [0.1, 0.15) is 12.4 Å². The average molecular weight is 378 g/mol. The molecule has 1 atom stereocenters. The number of piperidine rings is 1. The molecule has 2 aliphatic rings. The van der Waals surface area contributed by atoms with Crippen molar-refractivity contribution in [3.8, 4) is 5.88 Å². The van der Waals surface area contributed by atoms with Gasteiger partial charge in [-0.15, -0.1) is 0 Å². The van der Waals surface area contributed by atoms with Crippen LogP contribution in [0.25, 0.3) is 0 Å². The van der Waals surface area contributed by atoms with E-state index in [0.717, 1.165) is 32.1 Å². The number of rotatable bonds is 6. The lowest BCUT2D eigenvalue weighted by Gasteiger charge is -2.32. The fourth-order valence-electron chi connectivity index (χ4n) is 3.79. The minimum absolute atomic E-state index is 0.0233. The second-order valence-corrected chi connectivity index (χ2v) is 7.02. The lowest BCUT2D eigenvalue weighted by molar-refractivity contribution is -0.385. The van der Waals surface area contributed by atoms with Crippen LogP contribution >= 0.6 is 0 Å². The van der Waals surface area contributed by atoms with Crippen LogP contribution in [0, 0.1) is 16.0 Å². The number of anilines is 1. The Morgan fingerprint density at radius 3 is 2.74 bits per heavy atom. The van der Waals surface area contributed by atoms with Gasteiger partial charge in [0.05, 0.1) is 17.4 Å². The quantitative estimate of drug-likeness (QED) is 0.422. The molecule has 3 rings (SSSR count). The van der Waals surface area contributed by atoms with Gasteiger partial charge in [0.2, 0.25) is 5.82 Å². The number of nitro groups is 1. The zero-order valence-electron chi connectivity index (χ0n) is 15.6. The van der Waals surface area contributed by atoms with Crippen molar-refractivity contribution in [2.24, 2.45) is 5.92 Å². The highest BCUT2D eigenvalue weighted by atomic mass is 16.6. The van der Waals surface area contributed by atoms with Crippen LogP contribution in [0.2, 0.25) is 0 Å². The SMILES string of the molecule is CCOC(=O)C1CCCN(c2ncnc(OC3CCCCC3)c2[N+](=O)[O-])C1. The molecule has 0 amide bonds. The molecule has 0 bridgehead atoms. The first-order valence-electron chi connectivity index (χ1n) is 9.67. The van der Waals surface area contributed by atoms with Crippen molar-refractivity contribution in [3.63, 3.8) is 0 Å². The van der Waals surface area contributed by atoms with E-state index in [1.165, 1.54) is 12.7 Å². The van der Waals surface area contributed by atoms with E-state index in [0.29, 0.717) is 26.1 Å². The summed E-state index contributed by atoms with van der Waals surface area (Å²) >= 11 is 0. The largest absolute Gasteiger partial charge is 0.469 e. The molecule has 0 aromatic carbocycles. The summed E-state index contributed by atoms with van der Waals surface area (Å²) in [5.74, 6) is -0.335. The standard InChI is InChI=1S/C18H26N4O5/c1-2-26-18(23)13-7-6-10-21(11-13)16-15(22(24)25)17(20-12-19-16)27-14-8-4-3-5-9-14/h12-14H,2-11H2,1H3. The van der Waals surface area contributed by atoms with Crippen molar-refractivity contribution in [2.75, 3.05) is 24.6 Å². The van der Waals surface area contributed by atoms with Crippen LogP contribution in [0.4, 0.5) is 11.5 Å². The predicted molar refractivity (Wildman–Crippen MR) is 97.8 cm³/mol. The van der Waals surface area contributed by atoms with Crippen molar-refractivity contribution in [3.05, 3.63) is 16.4 Å². The summed E-state index contributed by atoms with van der Waals surface area (Å²) in [4.78, 5) is 33.3. The Bertz CT molecular complexity index is 678. The molecule has 0 radical (unpaired) electrons. The molecular weight excluding hydrogens is 352 g/mol. The molecule has 2 heterocycles. The third kappa shape index (κ3) is 4.64. The topological polar surface area (TPSA) is 108 Å². The number of aromatic nitrogens is 2. The van der Waals surface area contributed by atoms with Gasteiger partial charge in [0.15, 0.2) is 0 Å². The molecule has 0 spiro atoms. The fourth-order valence-corrected chi connectivity index (χ4v) is 3.79. The van der Waals surface area contributed by atoms with E-state index in [-0.39, 0.29) is 35.4 Å². The zero-order chi connectivity index (χ0) is 19.2. The molecule has 0 N–H and O–H groups in total. The summed E-state index contributed by atoms with van der Waals surface area (Å²) in [6.45, 7) is 3.03. The lowest BCUT2D eigenvalue weighted by atomic mass is 9.98. The molecule has 1 saturated heterocycles. The molecule has 148 valence electrons. The first-order chi connectivity index (χ1) is 13.1. The minimum atomic E-state index is -0.485. The summed E-state index contributed by atoms with van der Waals surface area (Å²) in [7, 11) is 0. The monoisotopic (exact) mass is 378 g/mol. The number of hydrogen-bond acceptors (Lipinski definition) is 8. The maximum Gasteiger partial charge on any atom is 0.372 e. The first kappa shape index (κ1) is 19.3. The van der Waals surface area contributed by atoms with Gasteiger partial charge < -0.3 is 14.4 Å². The number of hydrogen-bond donors (Lipinski definition) is 0. The van der Waals surface area contributed by atoms with Gasteiger partial charge >= 0.3 is 11.7 Å². The molecule has 27 heavy (non-hydrogen) atoms. The molecular formula is C18H26N4O5. The van der Waals surface area contributed by atoms with Gasteiger partial charge in [0.25, 0.3) is 5.88 Å². The molecule has 1 aromatic rings. The minimum Gasteiger partial charge on any atom is -0.469 e. The Labute approximate surface area is 158 Å². The number of ether oxygens (including phenoxy) is 2. The molecule has 1 aromatic heterocycles. The molecule has 1 aliphatic carbocycles. The molecule has 2 fully saturated rings. The van der Waals surface area contributed by atoms with E-state index in [4.69, 9.17) is 9.47 Å². The second kappa shape index (κ2) is 8.96. The van der Waals surface area contributed by atoms with Crippen molar-refractivity contribution >= 4 is 17.5 Å². The highest BCUT2D eigenvalue weighted by molar-refractivity contribution is 5.74. The first-order valence-corrected chi connectivity index (χ1v) is 9.67. The molecule has 9 nitrogen and oxygen atoms in total. The summed E-state index contributed by atoms with van der Waals surface area (Å²) in [5.41, 5.74) is -0.215. The van der Waals surface area contributed by atoms with E-state index in [1.807, 2.05) is 0 Å². The van der Waals surface area contributed by atoms with Crippen molar-refractivity contribution in [2.45, 2.75) is 58.0 Å². The molecule has 9 heteroatoms.